The summed E-state index contributed by atoms with van der Waals surface area (Å²) >= 11 is 0. The Kier molecular flexibility index (Phi) is 4.97. The molecule has 0 saturated heterocycles. The van der Waals surface area contributed by atoms with Crippen molar-refractivity contribution in [1.82, 2.24) is 0 Å². The van der Waals surface area contributed by atoms with Gasteiger partial charge in [0.1, 0.15) is 6.10 Å². The molecule has 0 aliphatic carbocycles. The van der Waals surface area contributed by atoms with Crippen LogP contribution in [-0.2, 0) is 0 Å². The molecular formula is C13H19NO4. The van der Waals surface area contributed by atoms with Crippen molar-refractivity contribution in [3.05, 3.63) is 23.8 Å². The molecule has 100 valence electrons. The van der Waals surface area contributed by atoms with Gasteiger partial charge in [-0.3, -0.25) is 0 Å². The zero-order chi connectivity index (χ0) is 13.7. The third kappa shape index (κ3) is 3.37. The summed E-state index contributed by atoms with van der Waals surface area (Å²) in [6.07, 6.45) is -0.910. The summed E-state index contributed by atoms with van der Waals surface area (Å²) in [7, 11) is 1.53. The van der Waals surface area contributed by atoms with E-state index in [1.54, 1.807) is 39.0 Å². The molecule has 1 aromatic carbocycles. The molecule has 1 rings (SSSR count). The van der Waals surface area contributed by atoms with Crippen LogP contribution in [0.25, 0.3) is 0 Å². The van der Waals surface area contributed by atoms with Gasteiger partial charge in [0.2, 0.25) is 0 Å². The molecule has 2 atom stereocenters. The van der Waals surface area contributed by atoms with Crippen LogP contribution in [0.1, 0.15) is 26.3 Å². The van der Waals surface area contributed by atoms with Crippen LogP contribution in [0.4, 0.5) is 0 Å². The minimum atomic E-state index is -0.574. The Morgan fingerprint density at radius 1 is 1.28 bits per heavy atom. The predicted octanol–water partition coefficient (Wildman–Crippen LogP) is 2.04. The Bertz CT molecular complexity index is 429. The average Bonchev–Trinajstić information content (AvgIpc) is 2.37. The molecule has 1 aromatic rings. The van der Waals surface area contributed by atoms with Gasteiger partial charge in [0.05, 0.1) is 18.9 Å². The minimum absolute atomic E-state index is 0.336. The largest absolute Gasteiger partial charge is 0.493 e. The standard InChI is InChI=1S/C13H19NO4/c1-8(14-16)11-5-6-12(13(7-11)17-4)18-10(3)9(2)15/h5-7,9-10,15-16H,1-4H3. The van der Waals surface area contributed by atoms with E-state index in [9.17, 15) is 5.11 Å². The third-order valence-electron chi connectivity index (χ3n) is 2.72. The van der Waals surface area contributed by atoms with E-state index in [2.05, 4.69) is 5.16 Å². The predicted molar refractivity (Wildman–Crippen MR) is 68.8 cm³/mol. The molecule has 18 heavy (non-hydrogen) atoms. The summed E-state index contributed by atoms with van der Waals surface area (Å²) in [4.78, 5) is 0. The molecule has 0 heterocycles. The fourth-order valence-corrected chi connectivity index (χ4v) is 1.35. The van der Waals surface area contributed by atoms with Crippen LogP contribution in [0, 0.1) is 0 Å². The van der Waals surface area contributed by atoms with Crippen LogP contribution < -0.4 is 9.47 Å². The van der Waals surface area contributed by atoms with Crippen LogP contribution in [0.2, 0.25) is 0 Å². The molecule has 0 fully saturated rings. The lowest BCUT2D eigenvalue weighted by Gasteiger charge is -2.19. The quantitative estimate of drug-likeness (QED) is 0.478. The van der Waals surface area contributed by atoms with Gasteiger partial charge in [-0.1, -0.05) is 5.16 Å². The van der Waals surface area contributed by atoms with Crippen molar-refractivity contribution < 1.29 is 19.8 Å². The molecule has 5 nitrogen and oxygen atoms in total. The van der Waals surface area contributed by atoms with E-state index in [1.807, 2.05) is 0 Å². The van der Waals surface area contributed by atoms with E-state index in [0.717, 1.165) is 5.56 Å². The Labute approximate surface area is 107 Å². The topological polar surface area (TPSA) is 71.3 Å². The smallest absolute Gasteiger partial charge is 0.161 e. The number of hydrogen-bond donors (Lipinski definition) is 2. The van der Waals surface area contributed by atoms with E-state index < -0.39 is 6.10 Å². The van der Waals surface area contributed by atoms with Crippen LogP contribution in [-0.4, -0.2) is 35.3 Å². The molecule has 0 aliphatic rings. The van der Waals surface area contributed by atoms with E-state index in [1.165, 1.54) is 7.11 Å². The first-order chi connectivity index (χ1) is 8.49. The van der Waals surface area contributed by atoms with Gasteiger partial charge >= 0.3 is 0 Å². The fourth-order valence-electron chi connectivity index (χ4n) is 1.35. The van der Waals surface area contributed by atoms with E-state index >= 15 is 0 Å². The number of rotatable bonds is 5. The molecular weight excluding hydrogens is 234 g/mol. The lowest BCUT2D eigenvalue weighted by molar-refractivity contribution is 0.0586. The number of nitrogens with zero attached hydrogens (tertiary/aromatic N) is 1. The SMILES string of the molecule is COc1cc(C(C)=NO)ccc1OC(C)C(C)O. The highest BCUT2D eigenvalue weighted by Gasteiger charge is 2.14. The number of benzene rings is 1. The maximum Gasteiger partial charge on any atom is 0.161 e. The van der Waals surface area contributed by atoms with Gasteiger partial charge in [-0.05, 0) is 39.0 Å². The first-order valence-electron chi connectivity index (χ1n) is 5.71. The van der Waals surface area contributed by atoms with Crippen LogP contribution in [0.15, 0.2) is 23.4 Å². The van der Waals surface area contributed by atoms with Crippen LogP contribution in [0.3, 0.4) is 0 Å². The van der Waals surface area contributed by atoms with Gasteiger partial charge in [-0.2, -0.15) is 0 Å². The summed E-state index contributed by atoms with van der Waals surface area (Å²) < 4.78 is 10.8. The van der Waals surface area contributed by atoms with Crippen molar-refractivity contribution in [3.8, 4) is 11.5 Å². The summed E-state index contributed by atoms with van der Waals surface area (Å²) in [6.45, 7) is 5.13. The van der Waals surface area contributed by atoms with Crippen molar-refractivity contribution in [2.75, 3.05) is 7.11 Å². The zero-order valence-corrected chi connectivity index (χ0v) is 11.0. The van der Waals surface area contributed by atoms with E-state index in [4.69, 9.17) is 14.7 Å². The maximum absolute atomic E-state index is 9.41. The number of ether oxygens (including phenoxy) is 2. The molecule has 0 saturated carbocycles. The molecule has 0 aliphatic heterocycles. The molecule has 0 spiro atoms. The molecule has 0 radical (unpaired) electrons. The van der Waals surface area contributed by atoms with Crippen molar-refractivity contribution in [2.24, 2.45) is 5.16 Å². The third-order valence-corrected chi connectivity index (χ3v) is 2.72. The number of hydrogen-bond acceptors (Lipinski definition) is 5. The van der Waals surface area contributed by atoms with E-state index in [0.29, 0.717) is 17.2 Å². The molecule has 2 unspecified atom stereocenters. The van der Waals surface area contributed by atoms with Crippen molar-refractivity contribution in [1.29, 1.82) is 0 Å². The normalized spacial score (nSPS) is 15.1. The fraction of sp³-hybridized carbons (Fsp3) is 0.462. The minimum Gasteiger partial charge on any atom is -0.493 e. The molecule has 0 aromatic heterocycles. The van der Waals surface area contributed by atoms with Gasteiger partial charge in [0.15, 0.2) is 11.5 Å². The number of aliphatic hydroxyl groups excluding tert-OH is 1. The Morgan fingerprint density at radius 3 is 2.44 bits per heavy atom. The Hall–Kier alpha value is -1.75. The zero-order valence-electron chi connectivity index (χ0n) is 11.0. The van der Waals surface area contributed by atoms with Crippen molar-refractivity contribution in [3.63, 3.8) is 0 Å². The molecule has 2 N–H and O–H groups in total. The van der Waals surface area contributed by atoms with Crippen molar-refractivity contribution in [2.45, 2.75) is 33.0 Å². The average molecular weight is 253 g/mol. The maximum atomic E-state index is 9.41. The summed E-state index contributed by atoms with van der Waals surface area (Å²) in [6, 6.07) is 5.21. The lowest BCUT2D eigenvalue weighted by atomic mass is 10.1. The second kappa shape index (κ2) is 6.26. The molecule has 5 heteroatoms. The Balaban J connectivity index is 3.00. The Morgan fingerprint density at radius 2 is 1.94 bits per heavy atom. The highest BCUT2D eigenvalue weighted by Crippen LogP contribution is 2.29. The van der Waals surface area contributed by atoms with Crippen LogP contribution in [0.5, 0.6) is 11.5 Å². The highest BCUT2D eigenvalue weighted by molar-refractivity contribution is 5.98. The monoisotopic (exact) mass is 253 g/mol. The summed E-state index contributed by atoms with van der Waals surface area (Å²) in [5.41, 5.74) is 1.23. The van der Waals surface area contributed by atoms with Gasteiger partial charge in [-0.25, -0.2) is 0 Å². The van der Waals surface area contributed by atoms with Gasteiger partial charge in [0.25, 0.3) is 0 Å². The van der Waals surface area contributed by atoms with E-state index in [-0.39, 0.29) is 6.10 Å². The summed E-state index contributed by atoms with van der Waals surface area (Å²) in [5, 5.41) is 21.3. The van der Waals surface area contributed by atoms with Gasteiger partial charge in [-0.15, -0.1) is 0 Å². The lowest BCUT2D eigenvalue weighted by Crippen LogP contribution is -2.25. The van der Waals surface area contributed by atoms with Crippen LogP contribution >= 0.6 is 0 Å². The van der Waals surface area contributed by atoms with Crippen molar-refractivity contribution >= 4 is 5.71 Å². The number of methoxy groups -OCH3 is 1. The second-order valence-corrected chi connectivity index (χ2v) is 4.11. The molecule has 0 amide bonds. The number of aliphatic hydroxyl groups is 1. The van der Waals surface area contributed by atoms with Gasteiger partial charge in [0, 0.05) is 5.56 Å². The van der Waals surface area contributed by atoms with Gasteiger partial charge < -0.3 is 19.8 Å². The number of oxime groups is 1. The first kappa shape index (κ1) is 14.3. The summed E-state index contributed by atoms with van der Waals surface area (Å²) in [5.74, 6) is 1.07. The second-order valence-electron chi connectivity index (χ2n) is 4.11. The molecule has 0 bridgehead atoms. The first-order valence-corrected chi connectivity index (χ1v) is 5.71. The highest BCUT2D eigenvalue weighted by atomic mass is 16.5.